The Hall–Kier alpha value is -2.57. The monoisotopic (exact) mass is 334 g/mol. The van der Waals surface area contributed by atoms with E-state index in [4.69, 9.17) is 9.47 Å². The molecule has 1 aliphatic rings. The van der Waals surface area contributed by atoms with Crippen molar-refractivity contribution in [1.82, 2.24) is 5.32 Å². The first-order valence-electron chi connectivity index (χ1n) is 8.00. The molecule has 1 aromatic carbocycles. The van der Waals surface area contributed by atoms with Crippen LogP contribution in [0.1, 0.15) is 32.1 Å². The third-order valence-corrected chi connectivity index (χ3v) is 3.87. The van der Waals surface area contributed by atoms with Gasteiger partial charge in [-0.15, -0.1) is 0 Å². The van der Waals surface area contributed by atoms with Gasteiger partial charge in [0.05, 0.1) is 12.0 Å². The van der Waals surface area contributed by atoms with E-state index in [9.17, 15) is 14.9 Å². The summed E-state index contributed by atoms with van der Waals surface area (Å²) < 4.78 is 10.3. The van der Waals surface area contributed by atoms with E-state index in [0.29, 0.717) is 12.3 Å². The first-order chi connectivity index (χ1) is 11.6. The quantitative estimate of drug-likeness (QED) is 0.448. The molecule has 0 bridgehead atoms. The molecule has 2 rings (SSSR count). The van der Waals surface area contributed by atoms with Gasteiger partial charge in [0.15, 0.2) is 6.61 Å². The molecule has 7 nitrogen and oxygen atoms in total. The maximum absolute atomic E-state index is 11.8. The second kappa shape index (κ2) is 8.90. The maximum Gasteiger partial charge on any atom is 0.311 e. The molecule has 0 aliphatic heterocycles. The van der Waals surface area contributed by atoms with E-state index >= 15 is 0 Å². The Morgan fingerprint density at radius 1 is 1.38 bits per heavy atom. The summed E-state index contributed by atoms with van der Waals surface area (Å²) in [6, 6.07) is 4.14. The van der Waals surface area contributed by atoms with Crippen LogP contribution in [0.15, 0.2) is 29.8 Å². The summed E-state index contributed by atoms with van der Waals surface area (Å²) in [6.07, 6.45) is 7.86. The fourth-order valence-corrected chi connectivity index (χ4v) is 2.59. The second-order valence-electron chi connectivity index (χ2n) is 5.59. The number of carbonyl (C=O) groups excluding carboxylic acids is 1. The lowest BCUT2D eigenvalue weighted by molar-refractivity contribution is -0.385. The van der Waals surface area contributed by atoms with Crippen LogP contribution in [-0.2, 0) is 4.79 Å². The summed E-state index contributed by atoms with van der Waals surface area (Å²) >= 11 is 0. The lowest BCUT2D eigenvalue weighted by atomic mass is 9.97. The average Bonchev–Trinajstić information content (AvgIpc) is 2.60. The number of nitrogens with one attached hydrogen (secondary N) is 1. The number of hydrogen-bond acceptors (Lipinski definition) is 5. The number of hydrogen-bond donors (Lipinski definition) is 1. The van der Waals surface area contributed by atoms with Crippen molar-refractivity contribution in [1.29, 1.82) is 0 Å². The van der Waals surface area contributed by atoms with Gasteiger partial charge in [0.25, 0.3) is 5.91 Å². The molecule has 0 atom stereocenters. The van der Waals surface area contributed by atoms with Gasteiger partial charge >= 0.3 is 5.69 Å². The molecular formula is C17H22N2O5. The van der Waals surface area contributed by atoms with Gasteiger partial charge in [0, 0.05) is 18.7 Å². The fraction of sp³-hybridized carbons (Fsp3) is 0.471. The third kappa shape index (κ3) is 5.26. The molecule has 0 heterocycles. The number of allylic oxidation sites excluding steroid dienone is 1. The van der Waals surface area contributed by atoms with Crippen molar-refractivity contribution in [3.05, 3.63) is 40.0 Å². The maximum atomic E-state index is 11.8. The zero-order valence-electron chi connectivity index (χ0n) is 13.7. The Labute approximate surface area is 140 Å². The van der Waals surface area contributed by atoms with Gasteiger partial charge in [-0.1, -0.05) is 11.6 Å². The lowest BCUT2D eigenvalue weighted by Crippen LogP contribution is -2.30. The molecule has 7 heteroatoms. The Morgan fingerprint density at radius 2 is 2.21 bits per heavy atom. The van der Waals surface area contributed by atoms with Crippen molar-refractivity contribution in [2.75, 3.05) is 20.3 Å². The SMILES string of the molecule is COc1cc(OCC(=O)NCCC2=CCCCC2)ccc1[N+](=O)[O-]. The van der Waals surface area contributed by atoms with E-state index in [2.05, 4.69) is 11.4 Å². The van der Waals surface area contributed by atoms with Crippen molar-refractivity contribution in [3.63, 3.8) is 0 Å². The highest BCUT2D eigenvalue weighted by molar-refractivity contribution is 5.77. The minimum absolute atomic E-state index is 0.0992. The summed E-state index contributed by atoms with van der Waals surface area (Å²) in [5, 5.41) is 13.6. The van der Waals surface area contributed by atoms with Gasteiger partial charge in [-0.2, -0.15) is 0 Å². The zero-order valence-corrected chi connectivity index (χ0v) is 13.7. The van der Waals surface area contributed by atoms with Crippen LogP contribution < -0.4 is 14.8 Å². The third-order valence-electron chi connectivity index (χ3n) is 3.87. The standard InChI is InChI=1S/C17H22N2O5/c1-23-16-11-14(7-8-15(16)19(21)22)24-12-17(20)18-10-9-13-5-3-2-4-6-13/h5,7-8,11H,2-4,6,9-10,12H2,1H3,(H,18,20). The van der Waals surface area contributed by atoms with E-state index in [1.54, 1.807) is 0 Å². The average molecular weight is 334 g/mol. The predicted molar refractivity (Wildman–Crippen MR) is 89.3 cm³/mol. The molecule has 1 N–H and O–H groups in total. The molecule has 0 saturated heterocycles. The minimum Gasteiger partial charge on any atom is -0.490 e. The number of ether oxygens (including phenoxy) is 2. The van der Waals surface area contributed by atoms with Crippen LogP contribution in [0.25, 0.3) is 0 Å². The molecule has 1 aliphatic carbocycles. The number of amides is 1. The van der Waals surface area contributed by atoms with E-state index in [-0.39, 0.29) is 24.0 Å². The first kappa shape index (κ1) is 17.8. The number of benzene rings is 1. The molecule has 0 spiro atoms. The van der Waals surface area contributed by atoms with E-state index in [1.807, 2.05) is 0 Å². The largest absolute Gasteiger partial charge is 0.490 e. The number of nitro benzene ring substituents is 1. The second-order valence-corrected chi connectivity index (χ2v) is 5.59. The van der Waals surface area contributed by atoms with Crippen LogP contribution in [0, 0.1) is 10.1 Å². The lowest BCUT2D eigenvalue weighted by Gasteiger charge is -2.13. The molecule has 130 valence electrons. The van der Waals surface area contributed by atoms with Gasteiger partial charge in [-0.3, -0.25) is 14.9 Å². The molecule has 0 fully saturated rings. The molecule has 0 aromatic heterocycles. The first-order valence-corrected chi connectivity index (χ1v) is 8.00. The van der Waals surface area contributed by atoms with Crippen molar-refractivity contribution < 1.29 is 19.2 Å². The Morgan fingerprint density at radius 3 is 2.88 bits per heavy atom. The number of carbonyl (C=O) groups is 1. The van der Waals surface area contributed by atoms with E-state index in [0.717, 1.165) is 19.3 Å². The van der Waals surface area contributed by atoms with E-state index in [1.165, 1.54) is 43.7 Å². The highest BCUT2D eigenvalue weighted by Crippen LogP contribution is 2.30. The normalized spacial score (nSPS) is 13.8. The van der Waals surface area contributed by atoms with Crippen LogP contribution in [0.5, 0.6) is 11.5 Å². The van der Waals surface area contributed by atoms with E-state index < -0.39 is 4.92 Å². The number of nitrogens with zero attached hydrogens (tertiary/aromatic N) is 1. The Kier molecular flexibility index (Phi) is 6.60. The summed E-state index contributed by atoms with van der Waals surface area (Å²) in [5.41, 5.74) is 1.26. The summed E-state index contributed by atoms with van der Waals surface area (Å²) in [5.74, 6) is 0.230. The predicted octanol–water partition coefficient (Wildman–Crippen LogP) is 2.99. The molecule has 1 aromatic rings. The van der Waals surface area contributed by atoms with Gasteiger partial charge < -0.3 is 14.8 Å². The Balaban J connectivity index is 1.77. The van der Waals surface area contributed by atoms with Gasteiger partial charge in [0.2, 0.25) is 5.75 Å². The number of rotatable bonds is 8. The smallest absolute Gasteiger partial charge is 0.311 e. The van der Waals surface area contributed by atoms with Crippen LogP contribution >= 0.6 is 0 Å². The van der Waals surface area contributed by atoms with Crippen molar-refractivity contribution >= 4 is 11.6 Å². The highest BCUT2D eigenvalue weighted by atomic mass is 16.6. The number of nitro groups is 1. The van der Waals surface area contributed by atoms with Gasteiger partial charge in [-0.25, -0.2) is 0 Å². The molecule has 0 radical (unpaired) electrons. The topological polar surface area (TPSA) is 90.7 Å². The molecule has 0 saturated carbocycles. The number of methoxy groups -OCH3 is 1. The van der Waals surface area contributed by atoms with Gasteiger partial charge in [0.1, 0.15) is 5.75 Å². The van der Waals surface area contributed by atoms with Crippen LogP contribution in [0.3, 0.4) is 0 Å². The molecular weight excluding hydrogens is 312 g/mol. The highest BCUT2D eigenvalue weighted by Gasteiger charge is 2.15. The summed E-state index contributed by atoms with van der Waals surface area (Å²) in [4.78, 5) is 22.1. The summed E-state index contributed by atoms with van der Waals surface area (Å²) in [6.45, 7) is 0.456. The molecule has 24 heavy (non-hydrogen) atoms. The van der Waals surface area contributed by atoms with Crippen molar-refractivity contribution in [2.45, 2.75) is 32.1 Å². The van der Waals surface area contributed by atoms with Crippen molar-refractivity contribution in [3.8, 4) is 11.5 Å². The molecule has 1 amide bonds. The van der Waals surface area contributed by atoms with Gasteiger partial charge in [-0.05, 0) is 38.2 Å². The minimum atomic E-state index is -0.532. The zero-order chi connectivity index (χ0) is 17.4. The van der Waals surface area contributed by atoms with Crippen LogP contribution in [0.2, 0.25) is 0 Å². The van der Waals surface area contributed by atoms with Crippen molar-refractivity contribution in [2.24, 2.45) is 0 Å². The Bertz CT molecular complexity index is 627. The molecule has 0 unspecified atom stereocenters. The fourth-order valence-electron chi connectivity index (χ4n) is 2.59. The summed E-state index contributed by atoms with van der Waals surface area (Å²) in [7, 11) is 1.35. The van der Waals surface area contributed by atoms with Crippen LogP contribution in [0.4, 0.5) is 5.69 Å². The van der Waals surface area contributed by atoms with Crippen LogP contribution in [-0.4, -0.2) is 31.1 Å².